The average Bonchev–Trinajstić information content (AvgIpc) is 2.71. The van der Waals surface area contributed by atoms with Gasteiger partial charge in [0.15, 0.2) is 0 Å². The van der Waals surface area contributed by atoms with Crippen molar-refractivity contribution in [2.45, 2.75) is 20.8 Å². The SMILES string of the molecule is C=Cc1cc(N(C)C(=O)N2CCN(c3cc(C)cc(C)c3)CC2)c(OC)nc1C. The van der Waals surface area contributed by atoms with Crippen LogP contribution in [0.2, 0.25) is 0 Å². The Balaban J connectivity index is 1.73. The first-order valence-electron chi connectivity index (χ1n) is 9.88. The summed E-state index contributed by atoms with van der Waals surface area (Å²) in [5, 5.41) is 0. The smallest absolute Gasteiger partial charge is 0.324 e. The Bertz CT molecular complexity index is 897. The van der Waals surface area contributed by atoms with Gasteiger partial charge in [-0.15, -0.1) is 0 Å². The minimum Gasteiger partial charge on any atom is -0.480 e. The van der Waals surface area contributed by atoms with Gasteiger partial charge in [-0.05, 0) is 55.7 Å². The van der Waals surface area contributed by atoms with Crippen molar-refractivity contribution >= 4 is 23.5 Å². The van der Waals surface area contributed by atoms with E-state index in [0.717, 1.165) is 24.3 Å². The van der Waals surface area contributed by atoms with E-state index < -0.39 is 0 Å². The number of ether oxygens (including phenoxy) is 1. The number of urea groups is 1. The van der Waals surface area contributed by atoms with Crippen LogP contribution in [0.3, 0.4) is 0 Å². The highest BCUT2D eigenvalue weighted by Gasteiger charge is 2.26. The van der Waals surface area contributed by atoms with Gasteiger partial charge in [0.2, 0.25) is 5.88 Å². The van der Waals surface area contributed by atoms with Crippen LogP contribution in [0.25, 0.3) is 6.08 Å². The summed E-state index contributed by atoms with van der Waals surface area (Å²) >= 11 is 0. The highest BCUT2D eigenvalue weighted by molar-refractivity contribution is 5.93. The van der Waals surface area contributed by atoms with Gasteiger partial charge in [0.1, 0.15) is 5.69 Å². The first-order valence-corrected chi connectivity index (χ1v) is 9.88. The summed E-state index contributed by atoms with van der Waals surface area (Å²) < 4.78 is 5.42. The number of carbonyl (C=O) groups excluding carboxylic acids is 1. The summed E-state index contributed by atoms with van der Waals surface area (Å²) in [6.07, 6.45) is 1.74. The number of benzene rings is 1. The summed E-state index contributed by atoms with van der Waals surface area (Å²) in [6.45, 7) is 12.9. The second-order valence-corrected chi connectivity index (χ2v) is 7.56. The molecule has 0 unspecified atom stereocenters. The lowest BCUT2D eigenvalue weighted by molar-refractivity contribution is 0.202. The predicted octanol–water partition coefficient (Wildman–Crippen LogP) is 4.04. The highest BCUT2D eigenvalue weighted by Crippen LogP contribution is 2.29. The van der Waals surface area contributed by atoms with Crippen LogP contribution in [0.4, 0.5) is 16.2 Å². The predicted molar refractivity (Wildman–Crippen MR) is 119 cm³/mol. The Morgan fingerprint density at radius 3 is 2.28 bits per heavy atom. The Kier molecular flexibility index (Phi) is 6.11. The number of rotatable bonds is 4. The average molecular weight is 395 g/mol. The fourth-order valence-corrected chi connectivity index (χ4v) is 3.79. The Morgan fingerprint density at radius 2 is 1.72 bits per heavy atom. The molecule has 2 aromatic rings. The molecular weight excluding hydrogens is 364 g/mol. The minimum absolute atomic E-state index is 0.0518. The number of nitrogens with zero attached hydrogens (tertiary/aromatic N) is 4. The van der Waals surface area contributed by atoms with Gasteiger partial charge in [-0.1, -0.05) is 18.7 Å². The molecule has 29 heavy (non-hydrogen) atoms. The van der Waals surface area contributed by atoms with Gasteiger partial charge in [0.25, 0.3) is 0 Å². The van der Waals surface area contributed by atoms with Crippen molar-refractivity contribution in [3.63, 3.8) is 0 Å². The van der Waals surface area contributed by atoms with E-state index >= 15 is 0 Å². The lowest BCUT2D eigenvalue weighted by atomic mass is 10.1. The fraction of sp³-hybridized carbons (Fsp3) is 0.391. The van der Waals surface area contributed by atoms with Crippen LogP contribution in [-0.2, 0) is 0 Å². The van der Waals surface area contributed by atoms with Crippen molar-refractivity contribution in [1.82, 2.24) is 9.88 Å². The van der Waals surface area contributed by atoms with Gasteiger partial charge in [-0.2, -0.15) is 0 Å². The Morgan fingerprint density at radius 1 is 1.10 bits per heavy atom. The van der Waals surface area contributed by atoms with Crippen molar-refractivity contribution in [3.05, 3.63) is 53.2 Å². The second kappa shape index (κ2) is 8.55. The molecule has 6 nitrogen and oxygen atoms in total. The van der Waals surface area contributed by atoms with E-state index in [-0.39, 0.29) is 6.03 Å². The first kappa shape index (κ1) is 20.7. The molecule has 0 radical (unpaired) electrons. The molecule has 1 aromatic heterocycles. The number of aryl methyl sites for hydroxylation is 3. The van der Waals surface area contributed by atoms with E-state index in [1.165, 1.54) is 16.8 Å². The number of hydrogen-bond acceptors (Lipinski definition) is 4. The number of carbonyl (C=O) groups is 1. The van der Waals surface area contributed by atoms with Crippen molar-refractivity contribution in [2.75, 3.05) is 50.1 Å². The molecule has 0 spiro atoms. The molecule has 0 N–H and O–H groups in total. The van der Waals surface area contributed by atoms with Crippen LogP contribution >= 0.6 is 0 Å². The van der Waals surface area contributed by atoms with Crippen LogP contribution in [-0.4, -0.2) is 56.3 Å². The van der Waals surface area contributed by atoms with Crippen LogP contribution in [0.5, 0.6) is 5.88 Å². The molecule has 0 aliphatic carbocycles. The molecule has 1 aromatic carbocycles. The molecule has 3 rings (SSSR count). The van der Waals surface area contributed by atoms with Gasteiger partial charge in [-0.3, -0.25) is 4.90 Å². The van der Waals surface area contributed by atoms with E-state index in [0.29, 0.717) is 24.7 Å². The summed E-state index contributed by atoms with van der Waals surface area (Å²) in [5.41, 5.74) is 6.10. The van der Waals surface area contributed by atoms with Gasteiger partial charge in [0, 0.05) is 44.6 Å². The quantitative estimate of drug-likeness (QED) is 0.785. The topological polar surface area (TPSA) is 48.9 Å². The molecule has 2 heterocycles. The standard InChI is InChI=1S/C23H30N4O2/c1-7-19-15-21(22(29-6)24-18(19)4)25(5)23(28)27-10-8-26(9-11-27)20-13-16(2)12-17(3)14-20/h7,12-15H,1,8-11H2,2-6H3. The number of piperazine rings is 1. The van der Waals surface area contributed by atoms with Crippen LogP contribution in [0.15, 0.2) is 30.8 Å². The van der Waals surface area contributed by atoms with E-state index in [1.807, 2.05) is 17.9 Å². The minimum atomic E-state index is -0.0518. The zero-order valence-corrected chi connectivity index (χ0v) is 18.0. The normalized spacial score (nSPS) is 14.0. The molecule has 0 atom stereocenters. The third kappa shape index (κ3) is 4.36. The lowest BCUT2D eigenvalue weighted by Crippen LogP contribution is -2.52. The van der Waals surface area contributed by atoms with Gasteiger partial charge in [-0.25, -0.2) is 9.78 Å². The van der Waals surface area contributed by atoms with Gasteiger partial charge >= 0.3 is 6.03 Å². The third-order valence-corrected chi connectivity index (χ3v) is 5.38. The molecular formula is C23H30N4O2. The van der Waals surface area contributed by atoms with E-state index in [9.17, 15) is 4.79 Å². The van der Waals surface area contributed by atoms with Crippen LogP contribution in [0, 0.1) is 20.8 Å². The maximum atomic E-state index is 13.1. The lowest BCUT2D eigenvalue weighted by Gasteiger charge is -2.38. The van der Waals surface area contributed by atoms with Gasteiger partial charge < -0.3 is 14.5 Å². The van der Waals surface area contributed by atoms with E-state index in [1.54, 1.807) is 25.1 Å². The number of pyridine rings is 1. The number of anilines is 2. The van der Waals surface area contributed by atoms with E-state index in [2.05, 4.69) is 48.5 Å². The fourth-order valence-electron chi connectivity index (χ4n) is 3.79. The maximum absolute atomic E-state index is 13.1. The number of amides is 2. The molecule has 1 fully saturated rings. The Labute approximate surface area is 173 Å². The molecule has 1 saturated heterocycles. The van der Waals surface area contributed by atoms with Crippen molar-refractivity contribution < 1.29 is 9.53 Å². The molecule has 1 aliphatic heterocycles. The molecule has 0 bridgehead atoms. The largest absolute Gasteiger partial charge is 0.480 e. The monoisotopic (exact) mass is 394 g/mol. The van der Waals surface area contributed by atoms with Crippen LogP contribution in [0.1, 0.15) is 22.4 Å². The molecule has 0 saturated carbocycles. The number of aromatic nitrogens is 1. The summed E-state index contributed by atoms with van der Waals surface area (Å²) in [4.78, 5) is 23.4. The molecule has 6 heteroatoms. The zero-order chi connectivity index (χ0) is 21.1. The van der Waals surface area contributed by atoms with Crippen molar-refractivity contribution in [3.8, 4) is 5.88 Å². The van der Waals surface area contributed by atoms with E-state index in [4.69, 9.17) is 4.74 Å². The van der Waals surface area contributed by atoms with Crippen molar-refractivity contribution in [1.29, 1.82) is 0 Å². The summed E-state index contributed by atoms with van der Waals surface area (Å²) in [6, 6.07) is 8.44. The number of methoxy groups -OCH3 is 1. The zero-order valence-electron chi connectivity index (χ0n) is 18.0. The van der Waals surface area contributed by atoms with Gasteiger partial charge in [0.05, 0.1) is 7.11 Å². The molecule has 154 valence electrons. The second-order valence-electron chi connectivity index (χ2n) is 7.56. The van der Waals surface area contributed by atoms with Crippen molar-refractivity contribution in [2.24, 2.45) is 0 Å². The summed E-state index contributed by atoms with van der Waals surface area (Å²) in [7, 11) is 3.33. The maximum Gasteiger partial charge on any atom is 0.324 e. The van der Waals surface area contributed by atoms with Crippen LogP contribution < -0.4 is 14.5 Å². The number of hydrogen-bond donors (Lipinski definition) is 0. The Hall–Kier alpha value is -3.02. The highest BCUT2D eigenvalue weighted by atomic mass is 16.5. The molecule has 2 amide bonds. The summed E-state index contributed by atoms with van der Waals surface area (Å²) in [5.74, 6) is 0.442. The molecule has 1 aliphatic rings. The third-order valence-electron chi connectivity index (χ3n) is 5.38. The first-order chi connectivity index (χ1) is 13.8.